The van der Waals surface area contributed by atoms with Crippen molar-refractivity contribution in [3.8, 4) is 0 Å². The second kappa shape index (κ2) is 4.60. The molecule has 0 fully saturated rings. The van der Waals surface area contributed by atoms with Crippen molar-refractivity contribution in [2.24, 2.45) is 0 Å². The lowest BCUT2D eigenvalue weighted by molar-refractivity contribution is 0.170. The van der Waals surface area contributed by atoms with Gasteiger partial charge in [0.15, 0.2) is 0 Å². The largest absolute Gasteiger partial charge is 0.453 e. The van der Waals surface area contributed by atoms with Crippen LogP contribution in [0.5, 0.6) is 0 Å². The third-order valence-electron chi connectivity index (χ3n) is 1.84. The number of nitrogens with one attached hydrogen (secondary N) is 1. The van der Waals surface area contributed by atoms with E-state index in [0.29, 0.717) is 12.1 Å². The molecule has 76 valence electrons. The number of hydrogen-bond acceptors (Lipinski definition) is 2. The Morgan fingerprint density at radius 1 is 1.57 bits per heavy atom. The van der Waals surface area contributed by atoms with Gasteiger partial charge in [-0.05, 0) is 24.1 Å². The van der Waals surface area contributed by atoms with Gasteiger partial charge in [-0.25, -0.2) is 9.18 Å². The van der Waals surface area contributed by atoms with E-state index in [4.69, 9.17) is 0 Å². The molecule has 0 atom stereocenters. The number of ether oxygens (including phenoxy) is 1. The minimum atomic E-state index is -0.494. The van der Waals surface area contributed by atoms with E-state index in [2.05, 4.69) is 10.1 Å². The maximum absolute atomic E-state index is 12.9. The van der Waals surface area contributed by atoms with Crippen LogP contribution in [0.4, 0.5) is 9.18 Å². The topological polar surface area (TPSA) is 38.3 Å². The number of halogens is 1. The Hall–Kier alpha value is -1.58. The highest BCUT2D eigenvalue weighted by Gasteiger charge is 2.01. The highest BCUT2D eigenvalue weighted by molar-refractivity contribution is 5.66. The summed E-state index contributed by atoms with van der Waals surface area (Å²) in [6.45, 7) is 2.02. The zero-order valence-electron chi connectivity index (χ0n) is 8.13. The molecule has 0 aliphatic carbocycles. The van der Waals surface area contributed by atoms with Crippen molar-refractivity contribution in [3.63, 3.8) is 0 Å². The predicted octanol–water partition coefficient (Wildman–Crippen LogP) is 1.99. The van der Waals surface area contributed by atoms with Gasteiger partial charge in [0, 0.05) is 6.54 Å². The second-order valence-corrected chi connectivity index (χ2v) is 2.93. The summed E-state index contributed by atoms with van der Waals surface area (Å²) in [6, 6.07) is 4.69. The van der Waals surface area contributed by atoms with Gasteiger partial charge in [-0.2, -0.15) is 0 Å². The Kier molecular flexibility index (Phi) is 3.45. The highest BCUT2D eigenvalue weighted by Crippen LogP contribution is 2.08. The van der Waals surface area contributed by atoms with Crippen molar-refractivity contribution in [1.29, 1.82) is 0 Å². The normalized spacial score (nSPS) is 9.64. The molecule has 1 aromatic carbocycles. The van der Waals surface area contributed by atoms with Crippen molar-refractivity contribution in [2.75, 3.05) is 7.11 Å². The number of aryl methyl sites for hydroxylation is 1. The number of carbonyl (C=O) groups excluding carboxylic acids is 1. The van der Waals surface area contributed by atoms with Gasteiger partial charge in [-0.15, -0.1) is 0 Å². The van der Waals surface area contributed by atoms with Crippen LogP contribution in [0.25, 0.3) is 0 Å². The van der Waals surface area contributed by atoms with E-state index in [1.807, 2.05) is 0 Å². The average Bonchev–Trinajstić information content (AvgIpc) is 2.19. The molecule has 14 heavy (non-hydrogen) atoms. The number of hydrogen-bond donors (Lipinski definition) is 1. The quantitative estimate of drug-likeness (QED) is 0.787. The Morgan fingerprint density at radius 2 is 2.29 bits per heavy atom. The van der Waals surface area contributed by atoms with Gasteiger partial charge in [-0.3, -0.25) is 0 Å². The van der Waals surface area contributed by atoms with E-state index in [1.165, 1.54) is 13.2 Å². The number of methoxy groups -OCH3 is 1. The molecule has 0 bridgehead atoms. The van der Waals surface area contributed by atoms with E-state index in [0.717, 1.165) is 5.56 Å². The van der Waals surface area contributed by atoms with Gasteiger partial charge < -0.3 is 10.1 Å². The molecule has 1 amide bonds. The lowest BCUT2D eigenvalue weighted by Crippen LogP contribution is -2.22. The van der Waals surface area contributed by atoms with Crippen molar-refractivity contribution >= 4 is 6.09 Å². The zero-order chi connectivity index (χ0) is 10.6. The van der Waals surface area contributed by atoms with Crippen LogP contribution in [0.15, 0.2) is 18.2 Å². The predicted molar refractivity (Wildman–Crippen MR) is 50.4 cm³/mol. The summed E-state index contributed by atoms with van der Waals surface area (Å²) in [6.07, 6.45) is -0.494. The molecule has 4 heteroatoms. The number of alkyl carbamates (subject to hydrolysis) is 1. The minimum Gasteiger partial charge on any atom is -0.453 e. The number of amides is 1. The summed E-state index contributed by atoms with van der Waals surface area (Å²) in [5.41, 5.74) is 1.41. The molecule has 0 aliphatic rings. The van der Waals surface area contributed by atoms with Crippen LogP contribution in [0.2, 0.25) is 0 Å². The molecule has 3 nitrogen and oxygen atoms in total. The second-order valence-electron chi connectivity index (χ2n) is 2.93. The first-order valence-electron chi connectivity index (χ1n) is 4.20. The summed E-state index contributed by atoms with van der Waals surface area (Å²) in [5, 5.41) is 2.51. The zero-order valence-corrected chi connectivity index (χ0v) is 8.13. The first kappa shape index (κ1) is 10.5. The maximum atomic E-state index is 12.9. The van der Waals surface area contributed by atoms with Crippen LogP contribution in [0, 0.1) is 12.7 Å². The molecule has 0 radical (unpaired) electrons. The van der Waals surface area contributed by atoms with Gasteiger partial charge >= 0.3 is 6.09 Å². The first-order chi connectivity index (χ1) is 6.63. The summed E-state index contributed by atoms with van der Waals surface area (Å²) >= 11 is 0. The standard InChI is InChI=1S/C10H12FNO2/c1-7-5-8(3-4-9(7)11)6-12-10(13)14-2/h3-5H,6H2,1-2H3,(H,12,13). The Morgan fingerprint density at radius 3 is 2.86 bits per heavy atom. The smallest absolute Gasteiger partial charge is 0.407 e. The number of carbonyl (C=O) groups is 1. The first-order valence-corrected chi connectivity index (χ1v) is 4.20. The van der Waals surface area contributed by atoms with Gasteiger partial charge in [0.05, 0.1) is 7.11 Å². The van der Waals surface area contributed by atoms with Crippen molar-refractivity contribution in [1.82, 2.24) is 5.32 Å². The number of rotatable bonds is 2. The van der Waals surface area contributed by atoms with Crippen molar-refractivity contribution in [2.45, 2.75) is 13.5 Å². The maximum Gasteiger partial charge on any atom is 0.407 e. The third kappa shape index (κ3) is 2.73. The van der Waals surface area contributed by atoms with E-state index in [-0.39, 0.29) is 5.82 Å². The SMILES string of the molecule is COC(=O)NCc1ccc(F)c(C)c1. The Balaban J connectivity index is 2.60. The van der Waals surface area contributed by atoms with Crippen LogP contribution in [0.1, 0.15) is 11.1 Å². The summed E-state index contributed by atoms with van der Waals surface area (Å²) in [4.78, 5) is 10.7. The lowest BCUT2D eigenvalue weighted by atomic mass is 10.1. The Bertz CT molecular complexity index is 339. The monoisotopic (exact) mass is 197 g/mol. The van der Waals surface area contributed by atoms with Crippen LogP contribution < -0.4 is 5.32 Å². The highest BCUT2D eigenvalue weighted by atomic mass is 19.1. The van der Waals surface area contributed by atoms with Crippen LogP contribution >= 0.6 is 0 Å². The summed E-state index contributed by atoms with van der Waals surface area (Å²) < 4.78 is 17.3. The average molecular weight is 197 g/mol. The van der Waals surface area contributed by atoms with E-state index in [1.54, 1.807) is 19.1 Å². The molecule has 0 heterocycles. The lowest BCUT2D eigenvalue weighted by Gasteiger charge is -2.04. The Labute approximate surface area is 81.9 Å². The molecular formula is C10H12FNO2. The molecule has 0 saturated carbocycles. The molecule has 0 saturated heterocycles. The van der Waals surface area contributed by atoms with Gasteiger partial charge in [0.2, 0.25) is 0 Å². The van der Waals surface area contributed by atoms with E-state index >= 15 is 0 Å². The summed E-state index contributed by atoms with van der Waals surface area (Å²) in [5.74, 6) is -0.244. The van der Waals surface area contributed by atoms with Crippen LogP contribution in [0.3, 0.4) is 0 Å². The fourth-order valence-corrected chi connectivity index (χ4v) is 1.06. The van der Waals surface area contributed by atoms with Gasteiger partial charge in [0.1, 0.15) is 5.82 Å². The van der Waals surface area contributed by atoms with Crippen LogP contribution in [-0.2, 0) is 11.3 Å². The molecule has 0 aliphatic heterocycles. The fourth-order valence-electron chi connectivity index (χ4n) is 1.06. The third-order valence-corrected chi connectivity index (χ3v) is 1.84. The molecule has 0 spiro atoms. The molecule has 0 unspecified atom stereocenters. The summed E-state index contributed by atoms with van der Waals surface area (Å²) in [7, 11) is 1.30. The molecule has 0 aromatic heterocycles. The van der Waals surface area contributed by atoms with Crippen molar-refractivity contribution < 1.29 is 13.9 Å². The minimum absolute atomic E-state index is 0.244. The number of benzene rings is 1. The van der Waals surface area contributed by atoms with E-state index < -0.39 is 6.09 Å². The molecule has 1 rings (SSSR count). The molecule has 1 N–H and O–H groups in total. The van der Waals surface area contributed by atoms with Gasteiger partial charge in [-0.1, -0.05) is 12.1 Å². The van der Waals surface area contributed by atoms with E-state index in [9.17, 15) is 9.18 Å². The van der Waals surface area contributed by atoms with Crippen molar-refractivity contribution in [3.05, 3.63) is 35.1 Å². The molecule has 1 aromatic rings. The van der Waals surface area contributed by atoms with Gasteiger partial charge in [0.25, 0.3) is 0 Å². The van der Waals surface area contributed by atoms with Crippen LogP contribution in [-0.4, -0.2) is 13.2 Å². The molecular weight excluding hydrogens is 185 g/mol. The fraction of sp³-hybridized carbons (Fsp3) is 0.300.